The maximum atomic E-state index is 12.1. The van der Waals surface area contributed by atoms with Crippen LogP contribution in [-0.4, -0.2) is 4.98 Å². The average Bonchev–Trinajstić information content (AvgIpc) is 1.80. The van der Waals surface area contributed by atoms with Crippen molar-refractivity contribution in [1.29, 1.82) is 0 Å². The first kappa shape index (κ1) is 6.42. The summed E-state index contributed by atoms with van der Waals surface area (Å²) in [4.78, 5) is 2.89. The van der Waals surface area contributed by atoms with Gasteiger partial charge >= 0.3 is 0 Å². The number of hydrogen-bond acceptors (Lipinski definition) is 1. The highest BCUT2D eigenvalue weighted by Gasteiger charge is 2.00. The summed E-state index contributed by atoms with van der Waals surface area (Å²) >= 11 is 5.13. The van der Waals surface area contributed by atoms with Gasteiger partial charge in [0.05, 0.1) is 5.02 Å². The number of rotatable bonds is 0. The fraction of sp³-hybridized carbons (Fsp3) is 0. The molecule has 0 N–H and O–H groups in total. The molecule has 0 amide bonds. The number of pyridine rings is 1. The molecular weight excluding hydrogens is 148 g/mol. The molecule has 0 fully saturated rings. The fourth-order valence-electron chi connectivity index (χ4n) is 0.356. The zero-order valence-electron chi connectivity index (χ0n) is 4.16. The zero-order chi connectivity index (χ0) is 6.85. The average molecular weight is 149 g/mol. The molecule has 0 bridgehead atoms. The van der Waals surface area contributed by atoms with Gasteiger partial charge in [0.25, 0.3) is 0 Å². The molecule has 1 radical (unpaired) electrons. The van der Waals surface area contributed by atoms with Crippen LogP contribution in [0.3, 0.4) is 0 Å². The van der Waals surface area contributed by atoms with E-state index in [0.29, 0.717) is 0 Å². The summed E-state index contributed by atoms with van der Waals surface area (Å²) in [5, 5.41) is -0.303. The summed E-state index contributed by atoms with van der Waals surface area (Å²) in [6.45, 7) is 0. The number of hydrogen-bond donors (Lipinski definition) is 0. The minimum Gasteiger partial charge on any atom is -0.215 e. The molecule has 0 aliphatic carbocycles. The van der Waals surface area contributed by atoms with Crippen molar-refractivity contribution in [2.45, 2.75) is 0 Å². The zero-order valence-corrected chi connectivity index (χ0v) is 4.91. The lowest BCUT2D eigenvalue weighted by molar-refractivity contribution is 0.558. The molecule has 0 saturated carbocycles. The molecule has 0 saturated heterocycles. The second-order valence-electron chi connectivity index (χ2n) is 1.35. The van der Waals surface area contributed by atoms with Crippen molar-refractivity contribution in [2.24, 2.45) is 0 Å². The van der Waals surface area contributed by atoms with Crippen LogP contribution in [0.15, 0.2) is 6.07 Å². The largest absolute Gasteiger partial charge is 0.215 e. The van der Waals surface area contributed by atoms with Gasteiger partial charge in [0.1, 0.15) is 6.20 Å². The third-order valence-corrected chi connectivity index (χ3v) is 0.991. The predicted molar refractivity (Wildman–Crippen MR) is 28.0 cm³/mol. The molecular formula is C5HClF2N. The standard InChI is InChI=1S/C5HClF2N/c6-3-1-5(8)9-2-4(3)7/h1H. The number of nitrogens with zero attached hydrogens (tertiary/aromatic N) is 1. The first-order chi connectivity index (χ1) is 4.20. The van der Waals surface area contributed by atoms with Gasteiger partial charge in [-0.25, -0.2) is 9.37 Å². The summed E-state index contributed by atoms with van der Waals surface area (Å²) < 4.78 is 24.0. The topological polar surface area (TPSA) is 12.9 Å². The minimum atomic E-state index is -0.835. The molecule has 0 aromatic carbocycles. The van der Waals surface area contributed by atoms with Crippen molar-refractivity contribution in [3.8, 4) is 0 Å². The summed E-state index contributed by atoms with van der Waals surface area (Å²) in [5.41, 5.74) is 0. The summed E-state index contributed by atoms with van der Waals surface area (Å²) in [6, 6.07) is 0.785. The van der Waals surface area contributed by atoms with Crippen LogP contribution in [0.4, 0.5) is 8.78 Å². The van der Waals surface area contributed by atoms with Gasteiger partial charge in [0.15, 0.2) is 5.82 Å². The molecule has 9 heavy (non-hydrogen) atoms. The predicted octanol–water partition coefficient (Wildman–Crippen LogP) is 1.81. The third-order valence-electron chi connectivity index (χ3n) is 0.716. The van der Waals surface area contributed by atoms with Crippen molar-refractivity contribution in [3.05, 3.63) is 29.1 Å². The normalized spacial score (nSPS) is 9.67. The smallest absolute Gasteiger partial charge is 0.215 e. The van der Waals surface area contributed by atoms with E-state index in [2.05, 4.69) is 4.98 Å². The maximum Gasteiger partial charge on any atom is 0.215 e. The Hall–Kier alpha value is -0.700. The van der Waals surface area contributed by atoms with Crippen LogP contribution >= 0.6 is 11.6 Å². The number of halogens is 3. The summed E-state index contributed by atoms with van der Waals surface area (Å²) in [6.07, 6.45) is 1.74. The van der Waals surface area contributed by atoms with Crippen LogP contribution in [0.1, 0.15) is 0 Å². The number of aromatic nitrogens is 1. The van der Waals surface area contributed by atoms with Gasteiger partial charge in [-0.15, -0.1) is 0 Å². The van der Waals surface area contributed by atoms with Crippen LogP contribution in [-0.2, 0) is 0 Å². The van der Waals surface area contributed by atoms with Gasteiger partial charge < -0.3 is 0 Å². The second-order valence-corrected chi connectivity index (χ2v) is 1.76. The molecule has 1 aromatic rings. The third kappa shape index (κ3) is 1.36. The SMILES string of the molecule is Fc1cc(Cl)c(F)[c]n1. The molecule has 1 rings (SSSR count). The van der Waals surface area contributed by atoms with Crippen molar-refractivity contribution in [1.82, 2.24) is 4.98 Å². The van der Waals surface area contributed by atoms with Crippen LogP contribution in [0.5, 0.6) is 0 Å². The lowest BCUT2D eigenvalue weighted by atomic mass is 10.5. The van der Waals surface area contributed by atoms with Gasteiger partial charge in [-0.05, 0) is 0 Å². The van der Waals surface area contributed by atoms with Crippen LogP contribution in [0, 0.1) is 18.0 Å². The van der Waals surface area contributed by atoms with Gasteiger partial charge in [0.2, 0.25) is 5.95 Å². The fourth-order valence-corrected chi connectivity index (χ4v) is 0.488. The van der Waals surface area contributed by atoms with Crippen LogP contribution in [0.25, 0.3) is 0 Å². The van der Waals surface area contributed by atoms with E-state index < -0.39 is 11.8 Å². The minimum absolute atomic E-state index is 0.303. The van der Waals surface area contributed by atoms with Crippen molar-refractivity contribution >= 4 is 11.6 Å². The molecule has 0 spiro atoms. The van der Waals surface area contributed by atoms with Crippen molar-refractivity contribution in [3.63, 3.8) is 0 Å². The van der Waals surface area contributed by atoms with E-state index in [0.717, 1.165) is 6.07 Å². The van der Waals surface area contributed by atoms with E-state index in [4.69, 9.17) is 11.6 Å². The Morgan fingerprint density at radius 2 is 2.22 bits per heavy atom. The maximum absolute atomic E-state index is 12.1. The molecule has 0 unspecified atom stereocenters. The highest BCUT2D eigenvalue weighted by atomic mass is 35.5. The van der Waals surface area contributed by atoms with Crippen molar-refractivity contribution in [2.75, 3.05) is 0 Å². The molecule has 0 atom stereocenters. The van der Waals surface area contributed by atoms with Gasteiger partial charge in [-0.1, -0.05) is 11.6 Å². The lowest BCUT2D eigenvalue weighted by Crippen LogP contribution is -1.84. The van der Waals surface area contributed by atoms with E-state index >= 15 is 0 Å². The van der Waals surface area contributed by atoms with Gasteiger partial charge in [-0.2, -0.15) is 4.39 Å². The Morgan fingerprint density at radius 1 is 1.56 bits per heavy atom. The molecule has 1 aromatic heterocycles. The highest BCUT2D eigenvalue weighted by Crippen LogP contribution is 2.11. The Kier molecular flexibility index (Phi) is 1.62. The Morgan fingerprint density at radius 3 is 2.67 bits per heavy atom. The van der Waals surface area contributed by atoms with Crippen molar-refractivity contribution < 1.29 is 8.78 Å². The summed E-state index contributed by atoms with van der Waals surface area (Å²) in [7, 11) is 0. The molecule has 1 heterocycles. The molecule has 47 valence electrons. The Balaban J connectivity index is 3.17. The van der Waals surface area contributed by atoms with E-state index in [1.807, 2.05) is 0 Å². The first-order valence-electron chi connectivity index (χ1n) is 2.09. The molecule has 0 aliphatic rings. The quantitative estimate of drug-likeness (QED) is 0.512. The van der Waals surface area contributed by atoms with Crippen LogP contribution < -0.4 is 0 Å². The monoisotopic (exact) mass is 148 g/mol. The Labute approximate surface area is 55.3 Å². The molecule has 4 heteroatoms. The van der Waals surface area contributed by atoms with Gasteiger partial charge in [-0.3, -0.25) is 0 Å². The highest BCUT2D eigenvalue weighted by molar-refractivity contribution is 6.30. The molecule has 0 aliphatic heterocycles. The van der Waals surface area contributed by atoms with E-state index in [9.17, 15) is 8.78 Å². The van der Waals surface area contributed by atoms with E-state index in [-0.39, 0.29) is 5.02 Å². The summed E-state index contributed by atoms with van der Waals surface area (Å²) in [5.74, 6) is -1.67. The molecule has 1 nitrogen and oxygen atoms in total. The van der Waals surface area contributed by atoms with Crippen LogP contribution in [0.2, 0.25) is 5.02 Å². The Bertz CT molecular complexity index is 226. The second kappa shape index (κ2) is 2.27. The van der Waals surface area contributed by atoms with E-state index in [1.165, 1.54) is 0 Å². The van der Waals surface area contributed by atoms with Gasteiger partial charge in [0, 0.05) is 6.07 Å². The lowest BCUT2D eigenvalue weighted by Gasteiger charge is -1.88. The van der Waals surface area contributed by atoms with E-state index in [1.54, 1.807) is 6.20 Å². The first-order valence-corrected chi connectivity index (χ1v) is 2.47.